The normalized spacial score (nSPS) is 21.7. The van der Waals surface area contributed by atoms with E-state index < -0.39 is 10.0 Å². The Labute approximate surface area is 193 Å². The van der Waals surface area contributed by atoms with Crippen LogP contribution in [0, 0.1) is 5.92 Å². The minimum absolute atomic E-state index is 0.119. The van der Waals surface area contributed by atoms with E-state index >= 15 is 0 Å². The molecule has 7 nitrogen and oxygen atoms in total. The number of rotatable bonds is 6. The van der Waals surface area contributed by atoms with Gasteiger partial charge in [0, 0.05) is 58.9 Å². The summed E-state index contributed by atoms with van der Waals surface area (Å²) in [5.74, 6) is 0.783. The van der Waals surface area contributed by atoms with Gasteiger partial charge in [0.1, 0.15) is 0 Å². The molecule has 3 aliphatic rings. The van der Waals surface area contributed by atoms with Gasteiger partial charge in [-0.15, -0.1) is 0 Å². The highest BCUT2D eigenvalue weighted by atomic mass is 32.2. The van der Waals surface area contributed by atoms with Crippen LogP contribution >= 0.6 is 0 Å². The lowest BCUT2D eigenvalue weighted by Crippen LogP contribution is -2.54. The maximum Gasteiger partial charge on any atom is 0.243 e. The Bertz CT molecular complexity index is 902. The summed E-state index contributed by atoms with van der Waals surface area (Å²) in [5, 5.41) is 0. The molecule has 0 saturated carbocycles. The molecule has 0 radical (unpaired) electrons. The van der Waals surface area contributed by atoms with Crippen LogP contribution in [0.15, 0.2) is 23.1 Å². The van der Waals surface area contributed by atoms with Gasteiger partial charge in [0.2, 0.25) is 15.9 Å². The fourth-order valence-electron chi connectivity index (χ4n) is 5.13. The van der Waals surface area contributed by atoms with Crippen LogP contribution < -0.4 is 0 Å². The molecule has 1 amide bonds. The molecular weight excluding hydrogens is 424 g/mol. The van der Waals surface area contributed by atoms with Crippen LogP contribution in [0.3, 0.4) is 0 Å². The third-order valence-corrected chi connectivity index (χ3v) is 8.89. The lowest BCUT2D eigenvalue weighted by molar-refractivity contribution is -0.134. The summed E-state index contributed by atoms with van der Waals surface area (Å²) in [5.41, 5.74) is 2.47. The number of piperazine rings is 2. The molecule has 178 valence electrons. The van der Waals surface area contributed by atoms with Gasteiger partial charge in [-0.1, -0.05) is 19.9 Å². The van der Waals surface area contributed by atoms with Crippen molar-refractivity contribution in [3.63, 3.8) is 0 Å². The van der Waals surface area contributed by atoms with Crippen LogP contribution in [0.5, 0.6) is 0 Å². The number of nitrogens with zero attached hydrogens (tertiary/aromatic N) is 4. The molecule has 0 bridgehead atoms. The van der Waals surface area contributed by atoms with E-state index in [4.69, 9.17) is 0 Å². The Morgan fingerprint density at radius 2 is 1.50 bits per heavy atom. The molecule has 0 unspecified atom stereocenters. The van der Waals surface area contributed by atoms with E-state index in [1.165, 1.54) is 17.5 Å². The van der Waals surface area contributed by atoms with Gasteiger partial charge in [0.25, 0.3) is 0 Å². The van der Waals surface area contributed by atoms with Crippen molar-refractivity contribution in [1.82, 2.24) is 19.0 Å². The number of carbonyl (C=O) groups excluding carboxylic acids is 1. The first-order valence-electron chi connectivity index (χ1n) is 12.2. The molecule has 1 aliphatic carbocycles. The summed E-state index contributed by atoms with van der Waals surface area (Å²) in [6, 6.07) is 5.62. The molecule has 1 aromatic rings. The van der Waals surface area contributed by atoms with Crippen molar-refractivity contribution in [2.75, 3.05) is 65.4 Å². The zero-order valence-electron chi connectivity index (χ0n) is 19.6. The first-order valence-corrected chi connectivity index (χ1v) is 13.6. The van der Waals surface area contributed by atoms with Gasteiger partial charge in [-0.2, -0.15) is 4.31 Å². The Kier molecular flexibility index (Phi) is 7.54. The molecule has 4 rings (SSSR count). The first kappa shape index (κ1) is 23.7. The van der Waals surface area contributed by atoms with E-state index in [0.717, 1.165) is 52.0 Å². The number of carbonyl (C=O) groups is 1. The number of hydrogen-bond donors (Lipinski definition) is 0. The van der Waals surface area contributed by atoms with Crippen LogP contribution in [0.2, 0.25) is 0 Å². The van der Waals surface area contributed by atoms with E-state index in [1.54, 1.807) is 10.4 Å². The smallest absolute Gasteiger partial charge is 0.243 e. The van der Waals surface area contributed by atoms with Gasteiger partial charge >= 0.3 is 0 Å². The summed E-state index contributed by atoms with van der Waals surface area (Å²) in [6.45, 7) is 11.6. The average Bonchev–Trinajstić information content (AvgIpc) is 2.79. The molecule has 32 heavy (non-hydrogen) atoms. The fraction of sp³-hybridized carbons (Fsp3) is 0.708. The highest BCUT2D eigenvalue weighted by molar-refractivity contribution is 7.89. The van der Waals surface area contributed by atoms with Crippen molar-refractivity contribution >= 4 is 15.9 Å². The summed E-state index contributed by atoms with van der Waals surface area (Å²) in [6.07, 6.45) is 4.32. The second-order valence-electron chi connectivity index (χ2n) is 9.89. The third-order valence-electron chi connectivity index (χ3n) is 7.00. The zero-order valence-corrected chi connectivity index (χ0v) is 20.4. The van der Waals surface area contributed by atoms with Gasteiger partial charge in [0.05, 0.1) is 11.4 Å². The summed E-state index contributed by atoms with van der Waals surface area (Å²) in [7, 11) is -3.51. The molecule has 0 N–H and O–H groups in total. The SMILES string of the molecule is CC(C)CN1CCN(CC(=O)N2CCN(S(=O)(=O)c3ccc4c(c3)CCCC4)CC2)CC1. The quantitative estimate of drug-likeness (QED) is 0.644. The van der Waals surface area contributed by atoms with E-state index in [1.807, 2.05) is 17.0 Å². The maximum absolute atomic E-state index is 13.2. The minimum atomic E-state index is -3.51. The monoisotopic (exact) mass is 462 g/mol. The Morgan fingerprint density at radius 1 is 0.875 bits per heavy atom. The molecule has 2 fully saturated rings. The predicted octanol–water partition coefficient (Wildman–Crippen LogP) is 1.67. The van der Waals surface area contributed by atoms with Crippen LogP contribution in [0.4, 0.5) is 0 Å². The average molecular weight is 463 g/mol. The molecular formula is C24H38N4O3S. The predicted molar refractivity (Wildman–Crippen MR) is 126 cm³/mol. The maximum atomic E-state index is 13.2. The number of hydrogen-bond acceptors (Lipinski definition) is 5. The van der Waals surface area contributed by atoms with Crippen molar-refractivity contribution < 1.29 is 13.2 Å². The van der Waals surface area contributed by atoms with E-state index in [9.17, 15) is 13.2 Å². The van der Waals surface area contributed by atoms with Crippen molar-refractivity contribution in [3.05, 3.63) is 29.3 Å². The number of benzene rings is 1. The zero-order chi connectivity index (χ0) is 22.7. The standard InChI is InChI=1S/C24H38N4O3S/c1-20(2)18-25-9-11-26(12-10-25)19-24(29)27-13-15-28(16-14-27)32(30,31)23-8-7-21-5-3-4-6-22(21)17-23/h7-8,17,20H,3-6,9-16,18-19H2,1-2H3. The van der Waals surface area contributed by atoms with Gasteiger partial charge in [-0.25, -0.2) is 8.42 Å². The topological polar surface area (TPSA) is 64.2 Å². The number of aryl methyl sites for hydroxylation is 2. The van der Waals surface area contributed by atoms with Crippen molar-refractivity contribution in [2.45, 2.75) is 44.4 Å². The van der Waals surface area contributed by atoms with E-state index in [-0.39, 0.29) is 5.91 Å². The Hall–Kier alpha value is -1.48. The molecule has 0 spiro atoms. The first-order chi connectivity index (χ1) is 15.3. The van der Waals surface area contributed by atoms with Crippen LogP contribution in [-0.2, 0) is 27.7 Å². The van der Waals surface area contributed by atoms with Gasteiger partial charge in [-0.3, -0.25) is 9.69 Å². The minimum Gasteiger partial charge on any atom is -0.339 e. The molecule has 2 saturated heterocycles. The summed E-state index contributed by atoms with van der Waals surface area (Å²) < 4.78 is 27.9. The number of amides is 1. The highest BCUT2D eigenvalue weighted by Crippen LogP contribution is 2.26. The van der Waals surface area contributed by atoms with Crippen LogP contribution in [-0.4, -0.2) is 98.8 Å². The van der Waals surface area contributed by atoms with Crippen molar-refractivity contribution in [1.29, 1.82) is 0 Å². The van der Waals surface area contributed by atoms with E-state index in [0.29, 0.717) is 43.5 Å². The van der Waals surface area contributed by atoms with Gasteiger partial charge in [0.15, 0.2) is 0 Å². The molecule has 1 aromatic carbocycles. The van der Waals surface area contributed by atoms with Gasteiger partial charge in [-0.05, 0) is 54.9 Å². The van der Waals surface area contributed by atoms with Crippen molar-refractivity contribution in [2.24, 2.45) is 5.92 Å². The van der Waals surface area contributed by atoms with Gasteiger partial charge < -0.3 is 9.80 Å². The van der Waals surface area contributed by atoms with Crippen LogP contribution in [0.25, 0.3) is 0 Å². The summed E-state index contributed by atoms with van der Waals surface area (Å²) in [4.78, 5) is 19.7. The van der Waals surface area contributed by atoms with Crippen molar-refractivity contribution in [3.8, 4) is 0 Å². The Morgan fingerprint density at radius 3 is 2.16 bits per heavy atom. The Balaban J connectivity index is 1.28. The summed E-state index contributed by atoms with van der Waals surface area (Å²) >= 11 is 0. The molecule has 2 aliphatic heterocycles. The lowest BCUT2D eigenvalue weighted by atomic mass is 9.92. The number of sulfonamides is 1. The third kappa shape index (κ3) is 5.53. The highest BCUT2D eigenvalue weighted by Gasteiger charge is 2.31. The van der Waals surface area contributed by atoms with Crippen LogP contribution in [0.1, 0.15) is 37.8 Å². The molecule has 0 aromatic heterocycles. The molecule has 8 heteroatoms. The van der Waals surface area contributed by atoms with E-state index in [2.05, 4.69) is 23.6 Å². The largest absolute Gasteiger partial charge is 0.339 e. The number of fused-ring (bicyclic) bond motifs is 1. The second-order valence-corrected chi connectivity index (χ2v) is 11.8. The molecule has 2 heterocycles. The lowest BCUT2D eigenvalue weighted by Gasteiger charge is -2.38. The molecule has 0 atom stereocenters. The fourth-order valence-corrected chi connectivity index (χ4v) is 6.61. The second kappa shape index (κ2) is 10.2.